The van der Waals surface area contributed by atoms with Crippen LogP contribution in [0.2, 0.25) is 0 Å². The van der Waals surface area contributed by atoms with E-state index in [1.54, 1.807) is 6.07 Å². The van der Waals surface area contributed by atoms with E-state index in [4.69, 9.17) is 0 Å². The molecule has 1 atom stereocenters. The number of carbonyl (C=O) groups excluding carboxylic acids is 1. The monoisotopic (exact) mass is 311 g/mol. The fourth-order valence-electron chi connectivity index (χ4n) is 2.49. The van der Waals surface area contributed by atoms with Crippen LogP contribution in [0.3, 0.4) is 0 Å². The molecule has 2 rings (SSSR count). The van der Waals surface area contributed by atoms with E-state index in [1.165, 1.54) is 18.5 Å². The largest absolute Gasteiger partial charge is 0.340 e. The maximum Gasteiger partial charge on any atom is 0.242 e. The number of carbonyl (C=O) groups is 1. The van der Waals surface area contributed by atoms with Crippen molar-refractivity contribution in [1.29, 1.82) is 0 Å². The normalized spacial score (nSPS) is 19.5. The minimum atomic E-state index is -3.58. The number of nitrogens with zero attached hydrogens (tertiary/aromatic N) is 2. The first-order chi connectivity index (χ1) is 10.0. The van der Waals surface area contributed by atoms with Crippen LogP contribution in [0.25, 0.3) is 0 Å². The second-order valence-electron chi connectivity index (χ2n) is 5.27. The molecule has 0 aliphatic carbocycles. The standard InChI is InChI=1S/C14H21N3O3S/c1-12-5-2-3-10-17(12)14(18)7-9-16-21(19,20)13-6-4-8-15-11-13/h4,6,8,11-12,16H,2-3,5,7,9-10H2,1H3/t12-/m1/s1. The average Bonchev–Trinajstić information content (AvgIpc) is 2.48. The summed E-state index contributed by atoms with van der Waals surface area (Å²) in [5.41, 5.74) is 0. The van der Waals surface area contributed by atoms with Crippen LogP contribution in [0.5, 0.6) is 0 Å². The summed E-state index contributed by atoms with van der Waals surface area (Å²) in [6.45, 7) is 2.92. The molecule has 116 valence electrons. The molecule has 7 heteroatoms. The van der Waals surface area contributed by atoms with Crippen molar-refractivity contribution in [2.24, 2.45) is 0 Å². The molecule has 1 aromatic heterocycles. The summed E-state index contributed by atoms with van der Waals surface area (Å²) in [6.07, 6.45) is 6.18. The van der Waals surface area contributed by atoms with Crippen molar-refractivity contribution in [2.75, 3.05) is 13.1 Å². The third-order valence-electron chi connectivity index (χ3n) is 3.70. The highest BCUT2D eigenvalue weighted by Gasteiger charge is 2.23. The maximum absolute atomic E-state index is 12.1. The van der Waals surface area contributed by atoms with Gasteiger partial charge in [0.2, 0.25) is 15.9 Å². The smallest absolute Gasteiger partial charge is 0.242 e. The summed E-state index contributed by atoms with van der Waals surface area (Å²) in [5, 5.41) is 0. The van der Waals surface area contributed by atoms with Gasteiger partial charge in [0, 0.05) is 37.9 Å². The predicted molar refractivity (Wildman–Crippen MR) is 79.1 cm³/mol. The molecule has 0 radical (unpaired) electrons. The lowest BCUT2D eigenvalue weighted by atomic mass is 10.0. The summed E-state index contributed by atoms with van der Waals surface area (Å²) in [6, 6.07) is 3.29. The highest BCUT2D eigenvalue weighted by molar-refractivity contribution is 7.89. The molecule has 1 aliphatic rings. The van der Waals surface area contributed by atoms with Gasteiger partial charge in [0.15, 0.2) is 0 Å². The van der Waals surface area contributed by atoms with Crippen molar-refractivity contribution < 1.29 is 13.2 Å². The van der Waals surface area contributed by atoms with Crippen molar-refractivity contribution in [2.45, 2.75) is 43.5 Å². The van der Waals surface area contributed by atoms with Crippen LogP contribution in [0.1, 0.15) is 32.6 Å². The Balaban J connectivity index is 1.85. The third kappa shape index (κ3) is 4.25. The van der Waals surface area contributed by atoms with E-state index in [0.29, 0.717) is 0 Å². The van der Waals surface area contributed by atoms with Gasteiger partial charge in [0.05, 0.1) is 0 Å². The van der Waals surface area contributed by atoms with Crippen molar-refractivity contribution in [3.8, 4) is 0 Å². The molecule has 1 aromatic rings. The van der Waals surface area contributed by atoms with Crippen molar-refractivity contribution in [3.63, 3.8) is 0 Å². The Morgan fingerprint density at radius 1 is 1.48 bits per heavy atom. The molecule has 1 aliphatic heterocycles. The van der Waals surface area contributed by atoms with Crippen molar-refractivity contribution >= 4 is 15.9 Å². The van der Waals surface area contributed by atoms with Gasteiger partial charge < -0.3 is 4.90 Å². The quantitative estimate of drug-likeness (QED) is 0.884. The molecule has 0 saturated carbocycles. The van der Waals surface area contributed by atoms with Gasteiger partial charge in [0.25, 0.3) is 0 Å². The first kappa shape index (κ1) is 15.9. The number of piperidine rings is 1. The minimum Gasteiger partial charge on any atom is -0.340 e. The molecular weight excluding hydrogens is 290 g/mol. The highest BCUT2D eigenvalue weighted by atomic mass is 32.2. The number of hydrogen-bond donors (Lipinski definition) is 1. The van der Waals surface area contributed by atoms with E-state index in [2.05, 4.69) is 9.71 Å². The molecule has 2 heterocycles. The Bertz CT molecular complexity index is 574. The highest BCUT2D eigenvalue weighted by Crippen LogP contribution is 2.17. The van der Waals surface area contributed by atoms with Gasteiger partial charge in [-0.05, 0) is 38.3 Å². The first-order valence-electron chi connectivity index (χ1n) is 7.20. The summed E-state index contributed by atoms with van der Waals surface area (Å²) >= 11 is 0. The molecule has 21 heavy (non-hydrogen) atoms. The molecule has 1 amide bonds. The second kappa shape index (κ2) is 7.00. The number of rotatable bonds is 5. The number of sulfonamides is 1. The summed E-state index contributed by atoms with van der Waals surface area (Å²) in [7, 11) is -3.58. The molecule has 1 N–H and O–H groups in total. The first-order valence-corrected chi connectivity index (χ1v) is 8.68. The number of amides is 1. The fourth-order valence-corrected chi connectivity index (χ4v) is 3.49. The maximum atomic E-state index is 12.1. The van der Waals surface area contributed by atoms with Crippen LogP contribution < -0.4 is 4.72 Å². The zero-order chi connectivity index (χ0) is 15.3. The van der Waals surface area contributed by atoms with Crippen LogP contribution in [-0.4, -0.2) is 43.3 Å². The predicted octanol–water partition coefficient (Wildman–Crippen LogP) is 1.15. The minimum absolute atomic E-state index is 0.0103. The lowest BCUT2D eigenvalue weighted by molar-refractivity contribution is -0.134. The second-order valence-corrected chi connectivity index (χ2v) is 7.04. The number of nitrogens with one attached hydrogen (secondary N) is 1. The number of aromatic nitrogens is 1. The van der Waals surface area contributed by atoms with Gasteiger partial charge in [0.1, 0.15) is 4.90 Å². The van der Waals surface area contributed by atoms with Crippen LogP contribution in [0.15, 0.2) is 29.4 Å². The molecule has 0 bridgehead atoms. The van der Waals surface area contributed by atoms with E-state index in [0.717, 1.165) is 25.8 Å². The molecular formula is C14H21N3O3S. The molecule has 0 unspecified atom stereocenters. The van der Waals surface area contributed by atoms with E-state index in [-0.39, 0.29) is 29.8 Å². The van der Waals surface area contributed by atoms with Crippen molar-refractivity contribution in [3.05, 3.63) is 24.5 Å². The fraction of sp³-hybridized carbons (Fsp3) is 0.571. The Hall–Kier alpha value is -1.47. The molecule has 1 fully saturated rings. The number of pyridine rings is 1. The van der Waals surface area contributed by atoms with Gasteiger partial charge in [-0.3, -0.25) is 9.78 Å². The van der Waals surface area contributed by atoms with E-state index >= 15 is 0 Å². The molecule has 0 aromatic carbocycles. The molecule has 6 nitrogen and oxygen atoms in total. The topological polar surface area (TPSA) is 79.4 Å². The van der Waals surface area contributed by atoms with E-state index in [1.807, 2.05) is 11.8 Å². The van der Waals surface area contributed by atoms with Crippen LogP contribution in [0.4, 0.5) is 0 Å². The van der Waals surface area contributed by atoms with E-state index < -0.39 is 10.0 Å². The summed E-state index contributed by atoms with van der Waals surface area (Å²) < 4.78 is 26.4. The molecule has 0 spiro atoms. The van der Waals surface area contributed by atoms with E-state index in [9.17, 15) is 13.2 Å². The number of likely N-dealkylation sites (tertiary alicyclic amines) is 1. The zero-order valence-corrected chi connectivity index (χ0v) is 13.0. The summed E-state index contributed by atoms with van der Waals surface area (Å²) in [5.74, 6) is 0.0103. The Morgan fingerprint density at radius 3 is 2.95 bits per heavy atom. The summed E-state index contributed by atoms with van der Waals surface area (Å²) in [4.78, 5) is 17.9. The van der Waals surface area contributed by atoms with Crippen LogP contribution >= 0.6 is 0 Å². The van der Waals surface area contributed by atoms with Gasteiger partial charge >= 0.3 is 0 Å². The number of hydrogen-bond acceptors (Lipinski definition) is 4. The van der Waals surface area contributed by atoms with Crippen LogP contribution in [0, 0.1) is 0 Å². The third-order valence-corrected chi connectivity index (χ3v) is 5.15. The van der Waals surface area contributed by atoms with Gasteiger partial charge in [-0.25, -0.2) is 13.1 Å². The lowest BCUT2D eigenvalue weighted by Crippen LogP contribution is -2.43. The van der Waals surface area contributed by atoms with Gasteiger partial charge in [-0.1, -0.05) is 0 Å². The Morgan fingerprint density at radius 2 is 2.29 bits per heavy atom. The van der Waals surface area contributed by atoms with Crippen molar-refractivity contribution in [1.82, 2.24) is 14.6 Å². The molecule has 1 saturated heterocycles. The van der Waals surface area contributed by atoms with Crippen LogP contribution in [-0.2, 0) is 14.8 Å². The zero-order valence-electron chi connectivity index (χ0n) is 12.2. The average molecular weight is 311 g/mol. The van der Waals surface area contributed by atoms with Gasteiger partial charge in [-0.15, -0.1) is 0 Å². The Labute approximate surface area is 125 Å². The SMILES string of the molecule is C[C@@H]1CCCCN1C(=O)CCNS(=O)(=O)c1cccnc1. The van der Waals surface area contributed by atoms with Gasteiger partial charge in [-0.2, -0.15) is 0 Å². The Kier molecular flexibility index (Phi) is 5.30. The lowest BCUT2D eigenvalue weighted by Gasteiger charge is -2.33.